The Hall–Kier alpha value is -2.61. The first-order chi connectivity index (χ1) is 11.9. The van der Waals surface area contributed by atoms with E-state index < -0.39 is 0 Å². The Labute approximate surface area is 149 Å². The van der Waals surface area contributed by atoms with Crippen LogP contribution in [0.1, 0.15) is 76.1 Å². The Balaban J connectivity index is 2.09. The monoisotopic (exact) mass is 338 g/mol. The summed E-state index contributed by atoms with van der Waals surface area (Å²) in [6, 6.07) is 10.4. The van der Waals surface area contributed by atoms with Gasteiger partial charge in [-0.15, -0.1) is 0 Å². The van der Waals surface area contributed by atoms with Crippen LogP contribution in [0.3, 0.4) is 0 Å². The van der Waals surface area contributed by atoms with Crippen LogP contribution in [0.25, 0.3) is 0 Å². The fourth-order valence-corrected chi connectivity index (χ4v) is 2.57. The first-order valence-electron chi connectivity index (χ1n) is 8.69. The van der Waals surface area contributed by atoms with Gasteiger partial charge in [0, 0.05) is 5.41 Å². The molecule has 0 saturated carbocycles. The highest BCUT2D eigenvalue weighted by atomic mass is 16.4. The Morgan fingerprint density at radius 1 is 1.24 bits per heavy atom. The van der Waals surface area contributed by atoms with Crippen molar-refractivity contribution in [2.45, 2.75) is 58.8 Å². The SMILES string of the molecule is CCC(CC)c1ccc(C=NNc2oc(C(C)(C)C)nc2C#N)cc1. The predicted molar refractivity (Wildman–Crippen MR) is 101 cm³/mol. The molecule has 1 N–H and O–H groups in total. The van der Waals surface area contributed by atoms with Crippen molar-refractivity contribution in [1.29, 1.82) is 5.26 Å². The van der Waals surface area contributed by atoms with Gasteiger partial charge in [-0.05, 0) is 29.9 Å². The number of nitriles is 1. The lowest BCUT2D eigenvalue weighted by atomic mass is 9.93. The third-order valence-corrected chi connectivity index (χ3v) is 4.15. The zero-order chi connectivity index (χ0) is 18.4. The summed E-state index contributed by atoms with van der Waals surface area (Å²) in [5.41, 5.74) is 5.07. The van der Waals surface area contributed by atoms with E-state index in [1.165, 1.54) is 5.56 Å². The average Bonchev–Trinajstić information content (AvgIpc) is 3.01. The molecule has 0 aliphatic rings. The number of nitrogens with zero attached hydrogens (tertiary/aromatic N) is 3. The summed E-state index contributed by atoms with van der Waals surface area (Å²) in [5.74, 6) is 1.39. The molecular formula is C20H26N4O. The minimum Gasteiger partial charge on any atom is -0.421 e. The second kappa shape index (κ2) is 7.98. The zero-order valence-electron chi connectivity index (χ0n) is 15.6. The molecule has 0 saturated heterocycles. The van der Waals surface area contributed by atoms with Crippen LogP contribution in [0.5, 0.6) is 0 Å². The van der Waals surface area contributed by atoms with E-state index in [0.29, 0.717) is 11.8 Å². The Kier molecular flexibility index (Phi) is 5.97. The number of aromatic nitrogens is 1. The van der Waals surface area contributed by atoms with Crippen LogP contribution in [0.2, 0.25) is 0 Å². The maximum absolute atomic E-state index is 9.18. The second-order valence-electron chi connectivity index (χ2n) is 7.11. The number of benzene rings is 1. The minimum absolute atomic E-state index is 0.214. The number of hydrogen-bond donors (Lipinski definition) is 1. The minimum atomic E-state index is -0.264. The van der Waals surface area contributed by atoms with Crippen LogP contribution >= 0.6 is 0 Å². The maximum Gasteiger partial charge on any atom is 0.252 e. The smallest absolute Gasteiger partial charge is 0.252 e. The fraction of sp³-hybridized carbons (Fsp3) is 0.450. The van der Waals surface area contributed by atoms with Crippen molar-refractivity contribution in [3.05, 3.63) is 47.0 Å². The zero-order valence-corrected chi connectivity index (χ0v) is 15.6. The third-order valence-electron chi connectivity index (χ3n) is 4.15. The van der Waals surface area contributed by atoms with E-state index >= 15 is 0 Å². The topological polar surface area (TPSA) is 74.2 Å². The van der Waals surface area contributed by atoms with Gasteiger partial charge in [-0.25, -0.2) is 5.43 Å². The molecule has 0 amide bonds. The summed E-state index contributed by atoms with van der Waals surface area (Å²) < 4.78 is 5.63. The van der Waals surface area contributed by atoms with E-state index in [4.69, 9.17) is 4.42 Å². The van der Waals surface area contributed by atoms with Gasteiger partial charge < -0.3 is 4.42 Å². The number of rotatable bonds is 6. The molecule has 0 aliphatic heterocycles. The molecule has 0 unspecified atom stereocenters. The van der Waals surface area contributed by atoms with Crippen molar-refractivity contribution in [3.63, 3.8) is 0 Å². The molecule has 1 heterocycles. The predicted octanol–water partition coefficient (Wildman–Crippen LogP) is 5.19. The number of anilines is 1. The second-order valence-corrected chi connectivity index (χ2v) is 7.11. The van der Waals surface area contributed by atoms with E-state index in [1.807, 2.05) is 39.0 Å². The van der Waals surface area contributed by atoms with Gasteiger partial charge in [0.05, 0.1) is 6.21 Å². The summed E-state index contributed by atoms with van der Waals surface area (Å²) in [5, 5.41) is 13.3. The molecule has 132 valence electrons. The maximum atomic E-state index is 9.18. The standard InChI is InChI=1S/C20H26N4O/c1-6-15(7-2)16-10-8-14(9-11-16)13-22-24-18-17(12-21)23-19(25-18)20(3,4)5/h8-11,13,15,24H,6-7H2,1-5H3. The van der Waals surface area contributed by atoms with Crippen LogP contribution < -0.4 is 5.43 Å². The molecule has 25 heavy (non-hydrogen) atoms. The van der Waals surface area contributed by atoms with Crippen LogP contribution in [-0.4, -0.2) is 11.2 Å². The molecule has 1 aromatic heterocycles. The van der Waals surface area contributed by atoms with Gasteiger partial charge >= 0.3 is 0 Å². The highest BCUT2D eigenvalue weighted by Gasteiger charge is 2.23. The van der Waals surface area contributed by atoms with Gasteiger partial charge in [0.1, 0.15) is 6.07 Å². The lowest BCUT2D eigenvalue weighted by Gasteiger charge is -2.12. The van der Waals surface area contributed by atoms with Gasteiger partial charge in [0.15, 0.2) is 0 Å². The average molecular weight is 338 g/mol. The van der Waals surface area contributed by atoms with Crippen molar-refractivity contribution >= 4 is 12.1 Å². The van der Waals surface area contributed by atoms with Crippen molar-refractivity contribution in [2.75, 3.05) is 5.43 Å². The van der Waals surface area contributed by atoms with Gasteiger partial charge in [0.25, 0.3) is 5.88 Å². The molecule has 5 nitrogen and oxygen atoms in total. The molecule has 1 aromatic carbocycles. The van der Waals surface area contributed by atoms with Crippen molar-refractivity contribution in [1.82, 2.24) is 4.98 Å². The lowest BCUT2D eigenvalue weighted by Crippen LogP contribution is -2.11. The number of oxazole rings is 1. The molecule has 0 radical (unpaired) electrons. The molecule has 0 spiro atoms. The fourth-order valence-electron chi connectivity index (χ4n) is 2.57. The highest BCUT2D eigenvalue weighted by Crippen LogP contribution is 2.26. The van der Waals surface area contributed by atoms with Gasteiger partial charge in [-0.2, -0.15) is 15.3 Å². The van der Waals surface area contributed by atoms with Gasteiger partial charge in [-0.1, -0.05) is 58.9 Å². The summed E-state index contributed by atoms with van der Waals surface area (Å²) >= 11 is 0. The molecule has 0 bridgehead atoms. The Morgan fingerprint density at radius 3 is 2.40 bits per heavy atom. The van der Waals surface area contributed by atoms with Crippen LogP contribution in [-0.2, 0) is 5.41 Å². The van der Waals surface area contributed by atoms with Crippen LogP contribution in [0.15, 0.2) is 33.8 Å². The molecule has 2 rings (SSSR count). The van der Waals surface area contributed by atoms with E-state index in [-0.39, 0.29) is 17.0 Å². The van der Waals surface area contributed by atoms with Crippen molar-refractivity contribution in [2.24, 2.45) is 5.10 Å². The molecule has 5 heteroatoms. The first-order valence-corrected chi connectivity index (χ1v) is 8.69. The molecule has 0 atom stereocenters. The molecular weight excluding hydrogens is 312 g/mol. The first kappa shape index (κ1) is 18.7. The summed E-state index contributed by atoms with van der Waals surface area (Å²) in [4.78, 5) is 4.21. The van der Waals surface area contributed by atoms with E-state index in [1.54, 1.807) is 6.21 Å². The Morgan fingerprint density at radius 2 is 1.88 bits per heavy atom. The van der Waals surface area contributed by atoms with Crippen molar-refractivity contribution < 1.29 is 4.42 Å². The summed E-state index contributed by atoms with van der Waals surface area (Å²) in [6.07, 6.45) is 3.99. The number of nitrogens with one attached hydrogen (secondary N) is 1. The van der Waals surface area contributed by atoms with E-state index in [0.717, 1.165) is 18.4 Å². The number of hydrazone groups is 1. The quantitative estimate of drug-likeness (QED) is 0.581. The van der Waals surface area contributed by atoms with Crippen LogP contribution in [0, 0.1) is 11.3 Å². The highest BCUT2D eigenvalue weighted by molar-refractivity contribution is 5.80. The molecule has 2 aromatic rings. The summed E-state index contributed by atoms with van der Waals surface area (Å²) in [6.45, 7) is 10.4. The summed E-state index contributed by atoms with van der Waals surface area (Å²) in [7, 11) is 0. The third kappa shape index (κ3) is 4.69. The van der Waals surface area contributed by atoms with E-state index in [2.05, 4.69) is 41.5 Å². The molecule has 0 fully saturated rings. The van der Waals surface area contributed by atoms with Crippen LogP contribution in [0.4, 0.5) is 5.88 Å². The Bertz CT molecular complexity index is 756. The van der Waals surface area contributed by atoms with Crippen molar-refractivity contribution in [3.8, 4) is 6.07 Å². The lowest BCUT2D eigenvalue weighted by molar-refractivity contribution is 0.399. The largest absolute Gasteiger partial charge is 0.421 e. The number of hydrogen-bond acceptors (Lipinski definition) is 5. The van der Waals surface area contributed by atoms with Gasteiger partial charge in [-0.3, -0.25) is 0 Å². The van der Waals surface area contributed by atoms with Gasteiger partial charge in [0.2, 0.25) is 11.6 Å². The normalized spacial score (nSPS) is 11.9. The molecule has 0 aliphatic carbocycles. The van der Waals surface area contributed by atoms with E-state index in [9.17, 15) is 5.26 Å².